The summed E-state index contributed by atoms with van der Waals surface area (Å²) >= 11 is 0. The fourth-order valence-corrected chi connectivity index (χ4v) is 4.23. The number of amides is 1. The first-order chi connectivity index (χ1) is 7.25. The Morgan fingerprint density at radius 1 is 1.25 bits per heavy atom. The van der Waals surface area contributed by atoms with E-state index in [-0.39, 0.29) is 5.91 Å². The molecule has 2 aliphatic rings. The zero-order chi connectivity index (χ0) is 12.3. The number of rotatable bonds is 1. The Morgan fingerprint density at radius 2 is 1.81 bits per heavy atom. The summed E-state index contributed by atoms with van der Waals surface area (Å²) in [6.07, 6.45) is 1.10. The van der Waals surface area contributed by atoms with E-state index in [1.54, 1.807) is 6.92 Å². The van der Waals surface area contributed by atoms with Gasteiger partial charge in [0.25, 0.3) is 0 Å². The number of hydrogen-bond acceptors (Lipinski definition) is 1. The summed E-state index contributed by atoms with van der Waals surface area (Å²) in [5.41, 5.74) is 0.734. The van der Waals surface area contributed by atoms with Gasteiger partial charge in [0.15, 0.2) is 0 Å². The van der Waals surface area contributed by atoms with Gasteiger partial charge < -0.3 is 4.90 Å². The topological polar surface area (TPSA) is 20.3 Å². The molecule has 1 amide bonds. The molecule has 1 aliphatic carbocycles. The van der Waals surface area contributed by atoms with Gasteiger partial charge in [0.05, 0.1) is 0 Å². The van der Waals surface area contributed by atoms with Crippen LogP contribution >= 0.6 is 0 Å². The minimum absolute atomic E-state index is 0.257. The standard InChI is InChI=1S/C14H25NO/c1-7-11-12-10(8-15(11)9(2)16)13(3,4)14(12,5)6/h10-12H,7-8H2,1-6H3/t10-,11+,12-/m0/s1. The van der Waals surface area contributed by atoms with Crippen molar-refractivity contribution in [3.63, 3.8) is 0 Å². The maximum Gasteiger partial charge on any atom is 0.219 e. The fraction of sp³-hybridized carbons (Fsp3) is 0.929. The fourth-order valence-electron chi connectivity index (χ4n) is 4.23. The van der Waals surface area contributed by atoms with Gasteiger partial charge in [-0.3, -0.25) is 4.79 Å². The van der Waals surface area contributed by atoms with E-state index in [0.717, 1.165) is 13.0 Å². The van der Waals surface area contributed by atoms with Crippen molar-refractivity contribution in [3.8, 4) is 0 Å². The third-order valence-corrected chi connectivity index (χ3v) is 5.89. The lowest BCUT2D eigenvalue weighted by molar-refractivity contribution is -0.150. The molecule has 2 fully saturated rings. The highest BCUT2D eigenvalue weighted by Crippen LogP contribution is 2.68. The Morgan fingerprint density at radius 3 is 2.25 bits per heavy atom. The van der Waals surface area contributed by atoms with Gasteiger partial charge in [-0.1, -0.05) is 34.6 Å². The number of hydrogen-bond donors (Lipinski definition) is 0. The summed E-state index contributed by atoms with van der Waals surface area (Å²) in [5.74, 6) is 1.67. The van der Waals surface area contributed by atoms with Crippen LogP contribution in [0.15, 0.2) is 0 Å². The second-order valence-electron chi connectivity index (χ2n) is 6.72. The third kappa shape index (κ3) is 1.16. The molecular formula is C14H25NO. The minimum atomic E-state index is 0.257. The molecule has 0 aromatic rings. The van der Waals surface area contributed by atoms with Crippen molar-refractivity contribution >= 4 is 5.91 Å². The summed E-state index contributed by atoms with van der Waals surface area (Å²) in [4.78, 5) is 13.8. The molecule has 2 heteroatoms. The predicted octanol–water partition coefficient (Wildman–Crippen LogP) is 2.93. The van der Waals surface area contributed by atoms with E-state index in [1.807, 2.05) is 0 Å². The van der Waals surface area contributed by atoms with Crippen LogP contribution in [-0.4, -0.2) is 23.4 Å². The minimum Gasteiger partial charge on any atom is -0.339 e. The van der Waals surface area contributed by atoms with Crippen LogP contribution < -0.4 is 0 Å². The summed E-state index contributed by atoms with van der Waals surface area (Å²) < 4.78 is 0. The Hall–Kier alpha value is -0.530. The molecule has 1 heterocycles. The maximum absolute atomic E-state index is 11.7. The molecule has 2 rings (SSSR count). The van der Waals surface area contributed by atoms with Crippen LogP contribution in [0.1, 0.15) is 48.0 Å². The van der Waals surface area contributed by atoms with Gasteiger partial charge >= 0.3 is 0 Å². The van der Waals surface area contributed by atoms with Gasteiger partial charge in [-0.15, -0.1) is 0 Å². The second-order valence-corrected chi connectivity index (χ2v) is 6.72. The molecule has 0 N–H and O–H groups in total. The van der Waals surface area contributed by atoms with E-state index in [1.165, 1.54) is 0 Å². The monoisotopic (exact) mass is 223 g/mol. The van der Waals surface area contributed by atoms with Gasteiger partial charge in [0.1, 0.15) is 0 Å². The first-order valence-corrected chi connectivity index (χ1v) is 6.52. The molecule has 1 saturated heterocycles. The highest BCUT2D eigenvalue weighted by atomic mass is 16.2. The third-order valence-electron chi connectivity index (χ3n) is 5.89. The molecule has 0 aromatic carbocycles. The molecule has 0 spiro atoms. The van der Waals surface area contributed by atoms with Crippen molar-refractivity contribution < 1.29 is 4.79 Å². The lowest BCUT2D eigenvalue weighted by Gasteiger charge is -2.63. The largest absolute Gasteiger partial charge is 0.339 e. The molecule has 2 nitrogen and oxygen atoms in total. The van der Waals surface area contributed by atoms with Gasteiger partial charge in [-0.25, -0.2) is 0 Å². The molecule has 16 heavy (non-hydrogen) atoms. The smallest absolute Gasteiger partial charge is 0.219 e. The van der Waals surface area contributed by atoms with Crippen LogP contribution in [0.4, 0.5) is 0 Å². The zero-order valence-corrected chi connectivity index (χ0v) is 11.5. The summed E-state index contributed by atoms with van der Waals surface area (Å²) in [7, 11) is 0. The molecule has 1 saturated carbocycles. The molecule has 0 radical (unpaired) electrons. The van der Waals surface area contributed by atoms with E-state index in [0.29, 0.717) is 28.7 Å². The molecule has 92 valence electrons. The lowest BCUT2D eigenvalue weighted by Crippen LogP contribution is -2.60. The first kappa shape index (κ1) is 11.9. The summed E-state index contributed by atoms with van der Waals surface area (Å²) in [5, 5.41) is 0. The van der Waals surface area contributed by atoms with Crippen LogP contribution in [0, 0.1) is 22.7 Å². The van der Waals surface area contributed by atoms with Crippen molar-refractivity contribution in [1.29, 1.82) is 0 Å². The molecule has 0 unspecified atom stereocenters. The van der Waals surface area contributed by atoms with Crippen LogP contribution in [0.3, 0.4) is 0 Å². The van der Waals surface area contributed by atoms with Crippen LogP contribution in [-0.2, 0) is 4.79 Å². The molecule has 1 aliphatic heterocycles. The van der Waals surface area contributed by atoms with Crippen LogP contribution in [0.5, 0.6) is 0 Å². The quantitative estimate of drug-likeness (QED) is 0.669. The summed E-state index contributed by atoms with van der Waals surface area (Å²) in [6.45, 7) is 14.4. The Labute approximate surface area is 99.4 Å². The average molecular weight is 223 g/mol. The van der Waals surface area contributed by atoms with E-state index in [9.17, 15) is 4.79 Å². The number of likely N-dealkylation sites (tertiary alicyclic amines) is 1. The van der Waals surface area contributed by atoms with E-state index in [2.05, 4.69) is 39.5 Å². The molecule has 0 aromatic heterocycles. The van der Waals surface area contributed by atoms with Crippen molar-refractivity contribution in [2.75, 3.05) is 6.54 Å². The summed E-state index contributed by atoms with van der Waals surface area (Å²) in [6, 6.07) is 0.477. The van der Waals surface area contributed by atoms with Crippen LogP contribution in [0.2, 0.25) is 0 Å². The Balaban J connectivity index is 2.31. The average Bonchev–Trinajstić information content (AvgIpc) is 2.55. The van der Waals surface area contributed by atoms with Crippen molar-refractivity contribution in [2.45, 2.75) is 54.0 Å². The number of fused-ring (bicyclic) bond motifs is 1. The van der Waals surface area contributed by atoms with Crippen LogP contribution in [0.25, 0.3) is 0 Å². The SMILES string of the molecule is CC[C@@H]1[C@@H]2[C@H](CN1C(C)=O)C(C)(C)C2(C)C. The number of carbonyl (C=O) groups is 1. The van der Waals surface area contributed by atoms with Crippen molar-refractivity contribution in [2.24, 2.45) is 22.7 Å². The second kappa shape index (κ2) is 3.24. The van der Waals surface area contributed by atoms with Gasteiger partial charge in [-0.2, -0.15) is 0 Å². The highest BCUT2D eigenvalue weighted by molar-refractivity contribution is 5.74. The van der Waals surface area contributed by atoms with Gasteiger partial charge in [0, 0.05) is 19.5 Å². The zero-order valence-electron chi connectivity index (χ0n) is 11.5. The molecule has 3 atom stereocenters. The lowest BCUT2D eigenvalue weighted by atomic mass is 9.40. The predicted molar refractivity (Wildman–Crippen MR) is 66.0 cm³/mol. The van der Waals surface area contributed by atoms with Gasteiger partial charge in [-0.05, 0) is 29.1 Å². The van der Waals surface area contributed by atoms with Gasteiger partial charge in [0.2, 0.25) is 5.91 Å². The van der Waals surface area contributed by atoms with E-state index in [4.69, 9.17) is 0 Å². The highest BCUT2D eigenvalue weighted by Gasteiger charge is 2.67. The van der Waals surface area contributed by atoms with Crippen molar-refractivity contribution in [3.05, 3.63) is 0 Å². The maximum atomic E-state index is 11.7. The number of nitrogens with zero attached hydrogens (tertiary/aromatic N) is 1. The Bertz CT molecular complexity index is 319. The molecular weight excluding hydrogens is 198 g/mol. The Kier molecular flexibility index (Phi) is 2.42. The van der Waals surface area contributed by atoms with Crippen molar-refractivity contribution in [1.82, 2.24) is 4.90 Å². The van der Waals surface area contributed by atoms with E-state index >= 15 is 0 Å². The normalized spacial score (nSPS) is 39.1. The number of carbonyl (C=O) groups excluding carboxylic acids is 1. The first-order valence-electron chi connectivity index (χ1n) is 6.52. The molecule has 0 bridgehead atoms. The van der Waals surface area contributed by atoms with E-state index < -0.39 is 0 Å².